The normalized spacial score (nSPS) is 14.1. The van der Waals surface area contributed by atoms with E-state index in [0.717, 1.165) is 17.4 Å². The highest BCUT2D eigenvalue weighted by atomic mass is 32.2. The summed E-state index contributed by atoms with van der Waals surface area (Å²) in [6.07, 6.45) is 1.78. The maximum absolute atomic E-state index is 12.4. The minimum Gasteiger partial charge on any atom is -0.486 e. The van der Waals surface area contributed by atoms with Crippen molar-refractivity contribution in [3.8, 4) is 11.5 Å². The van der Waals surface area contributed by atoms with Gasteiger partial charge in [-0.3, -0.25) is 9.10 Å². The lowest BCUT2D eigenvalue weighted by Crippen LogP contribution is -2.32. The summed E-state index contributed by atoms with van der Waals surface area (Å²) in [5.74, 6) is 1.02. The SMILES string of the molecule is Cc1ccc(C(C)NC(=O)CCCN(c2ccc3c(c2)OCCO3)S(C)(=O)=O)c(C)c1. The Kier molecular flexibility index (Phi) is 7.10. The highest BCUT2D eigenvalue weighted by molar-refractivity contribution is 7.92. The van der Waals surface area contributed by atoms with E-state index in [2.05, 4.69) is 11.4 Å². The molecule has 1 atom stereocenters. The third-order valence-corrected chi connectivity index (χ3v) is 6.44. The zero-order chi connectivity index (χ0) is 22.6. The van der Waals surface area contributed by atoms with E-state index in [4.69, 9.17) is 9.47 Å². The molecule has 1 aliphatic heterocycles. The van der Waals surface area contributed by atoms with Crippen molar-refractivity contribution in [2.75, 3.05) is 30.3 Å². The Labute approximate surface area is 184 Å². The predicted octanol–water partition coefficient (Wildman–Crippen LogP) is 3.50. The van der Waals surface area contributed by atoms with Crippen LogP contribution in [0.2, 0.25) is 0 Å². The lowest BCUT2D eigenvalue weighted by molar-refractivity contribution is -0.121. The summed E-state index contributed by atoms with van der Waals surface area (Å²) >= 11 is 0. The number of carbonyl (C=O) groups is 1. The Morgan fingerprint density at radius 3 is 2.48 bits per heavy atom. The van der Waals surface area contributed by atoms with Gasteiger partial charge in [0, 0.05) is 19.0 Å². The first-order valence-electron chi connectivity index (χ1n) is 10.4. The second-order valence-corrected chi connectivity index (χ2v) is 9.82. The zero-order valence-electron chi connectivity index (χ0n) is 18.5. The fourth-order valence-electron chi connectivity index (χ4n) is 3.76. The van der Waals surface area contributed by atoms with E-state index in [-0.39, 0.29) is 24.9 Å². The first-order chi connectivity index (χ1) is 14.6. The lowest BCUT2D eigenvalue weighted by Gasteiger charge is -2.25. The molecule has 1 aliphatic rings. The van der Waals surface area contributed by atoms with Crippen LogP contribution in [0.3, 0.4) is 0 Å². The third-order valence-electron chi connectivity index (χ3n) is 5.25. The molecular formula is C23H30N2O5S. The van der Waals surface area contributed by atoms with Crippen LogP contribution in [0.25, 0.3) is 0 Å². The monoisotopic (exact) mass is 446 g/mol. The molecule has 168 valence electrons. The fraction of sp³-hybridized carbons (Fsp3) is 0.435. The molecule has 0 saturated heterocycles. The van der Waals surface area contributed by atoms with Gasteiger partial charge in [-0.1, -0.05) is 23.8 Å². The van der Waals surface area contributed by atoms with Crippen LogP contribution >= 0.6 is 0 Å². The van der Waals surface area contributed by atoms with E-state index in [1.807, 2.05) is 32.9 Å². The highest BCUT2D eigenvalue weighted by Gasteiger charge is 2.21. The molecule has 7 nitrogen and oxygen atoms in total. The summed E-state index contributed by atoms with van der Waals surface area (Å²) in [6, 6.07) is 11.1. The van der Waals surface area contributed by atoms with Crippen molar-refractivity contribution in [2.24, 2.45) is 0 Å². The molecule has 0 fully saturated rings. The molecule has 0 saturated carbocycles. The molecule has 31 heavy (non-hydrogen) atoms. The second kappa shape index (κ2) is 9.60. The number of nitrogens with one attached hydrogen (secondary N) is 1. The van der Waals surface area contributed by atoms with Crippen molar-refractivity contribution < 1.29 is 22.7 Å². The summed E-state index contributed by atoms with van der Waals surface area (Å²) in [5, 5.41) is 3.01. The van der Waals surface area contributed by atoms with Crippen LogP contribution in [0, 0.1) is 13.8 Å². The average molecular weight is 447 g/mol. The molecule has 8 heteroatoms. The number of fused-ring (bicyclic) bond motifs is 1. The average Bonchev–Trinajstić information content (AvgIpc) is 2.69. The van der Waals surface area contributed by atoms with Crippen LogP contribution in [-0.4, -0.2) is 40.3 Å². The number of sulfonamides is 1. The predicted molar refractivity (Wildman–Crippen MR) is 121 cm³/mol. The smallest absolute Gasteiger partial charge is 0.232 e. The Morgan fingerprint density at radius 2 is 1.81 bits per heavy atom. The molecule has 0 aromatic heterocycles. The van der Waals surface area contributed by atoms with E-state index in [0.29, 0.717) is 36.8 Å². The Morgan fingerprint density at radius 1 is 1.10 bits per heavy atom. The number of ether oxygens (including phenoxy) is 2. The molecule has 0 radical (unpaired) electrons. The van der Waals surface area contributed by atoms with Gasteiger partial charge >= 0.3 is 0 Å². The zero-order valence-corrected chi connectivity index (χ0v) is 19.3. The summed E-state index contributed by atoms with van der Waals surface area (Å²) in [4.78, 5) is 12.4. The standard InChI is InChI=1S/C23H30N2O5S/c1-16-7-9-20(17(2)14-16)18(3)24-23(26)6-5-11-25(31(4,27)28)19-8-10-21-22(15-19)30-13-12-29-21/h7-10,14-15,18H,5-6,11-13H2,1-4H3,(H,24,26). The van der Waals surface area contributed by atoms with E-state index in [1.54, 1.807) is 18.2 Å². The number of rotatable bonds is 8. The number of anilines is 1. The van der Waals surface area contributed by atoms with E-state index < -0.39 is 10.0 Å². The van der Waals surface area contributed by atoms with Crippen molar-refractivity contribution in [1.29, 1.82) is 0 Å². The molecule has 3 rings (SSSR count). The molecule has 0 bridgehead atoms. The molecule has 1 heterocycles. The topological polar surface area (TPSA) is 84.9 Å². The van der Waals surface area contributed by atoms with Gasteiger partial charge in [0.2, 0.25) is 15.9 Å². The molecule has 1 amide bonds. The lowest BCUT2D eigenvalue weighted by atomic mass is 10.00. The van der Waals surface area contributed by atoms with E-state index >= 15 is 0 Å². The van der Waals surface area contributed by atoms with Crippen LogP contribution in [-0.2, 0) is 14.8 Å². The van der Waals surface area contributed by atoms with E-state index in [1.165, 1.54) is 9.87 Å². The van der Waals surface area contributed by atoms with E-state index in [9.17, 15) is 13.2 Å². The molecule has 0 spiro atoms. The van der Waals surface area contributed by atoms with Crippen LogP contribution in [0.4, 0.5) is 5.69 Å². The van der Waals surface area contributed by atoms with Crippen molar-refractivity contribution in [2.45, 2.75) is 39.7 Å². The fourth-order valence-corrected chi connectivity index (χ4v) is 4.72. The Balaban J connectivity index is 1.60. The quantitative estimate of drug-likeness (QED) is 0.671. The van der Waals surface area contributed by atoms with Gasteiger partial charge in [-0.15, -0.1) is 0 Å². The number of aryl methyl sites for hydroxylation is 2. The number of carbonyl (C=O) groups excluding carboxylic acids is 1. The first-order valence-corrected chi connectivity index (χ1v) is 12.2. The Hall–Kier alpha value is -2.74. The highest BCUT2D eigenvalue weighted by Crippen LogP contribution is 2.34. The van der Waals surface area contributed by atoms with Crippen molar-refractivity contribution in [1.82, 2.24) is 5.32 Å². The van der Waals surface area contributed by atoms with Crippen LogP contribution in [0.1, 0.15) is 42.5 Å². The van der Waals surface area contributed by atoms with Gasteiger partial charge in [0.25, 0.3) is 0 Å². The number of nitrogens with zero attached hydrogens (tertiary/aromatic N) is 1. The largest absolute Gasteiger partial charge is 0.486 e. The summed E-state index contributed by atoms with van der Waals surface area (Å²) < 4.78 is 37.1. The molecule has 1 unspecified atom stereocenters. The van der Waals surface area contributed by atoms with Crippen molar-refractivity contribution >= 4 is 21.6 Å². The van der Waals surface area contributed by atoms with Gasteiger partial charge in [-0.25, -0.2) is 8.42 Å². The number of hydrogen-bond acceptors (Lipinski definition) is 5. The molecule has 2 aromatic carbocycles. The maximum Gasteiger partial charge on any atom is 0.232 e. The summed E-state index contributed by atoms with van der Waals surface area (Å²) in [7, 11) is -3.51. The third kappa shape index (κ3) is 5.91. The minimum atomic E-state index is -3.51. The summed E-state index contributed by atoms with van der Waals surface area (Å²) in [6.45, 7) is 7.11. The van der Waals surface area contributed by atoms with Gasteiger partial charge in [0.05, 0.1) is 18.0 Å². The van der Waals surface area contributed by atoms with Crippen molar-refractivity contribution in [3.05, 3.63) is 53.1 Å². The van der Waals surface area contributed by atoms with Gasteiger partial charge in [-0.05, 0) is 50.5 Å². The minimum absolute atomic E-state index is 0.108. The van der Waals surface area contributed by atoms with Gasteiger partial charge in [0.1, 0.15) is 13.2 Å². The number of amides is 1. The number of hydrogen-bond donors (Lipinski definition) is 1. The second-order valence-electron chi connectivity index (χ2n) is 7.92. The van der Waals surface area contributed by atoms with Gasteiger partial charge in [0.15, 0.2) is 11.5 Å². The molecule has 2 aromatic rings. The van der Waals surface area contributed by atoms with Crippen LogP contribution in [0.5, 0.6) is 11.5 Å². The summed E-state index contributed by atoms with van der Waals surface area (Å²) in [5.41, 5.74) is 3.89. The van der Waals surface area contributed by atoms with Gasteiger partial charge < -0.3 is 14.8 Å². The molecule has 1 N–H and O–H groups in total. The maximum atomic E-state index is 12.4. The molecule has 0 aliphatic carbocycles. The van der Waals surface area contributed by atoms with Crippen LogP contribution in [0.15, 0.2) is 36.4 Å². The van der Waals surface area contributed by atoms with Crippen LogP contribution < -0.4 is 19.1 Å². The Bertz CT molecular complexity index is 1050. The molecular weight excluding hydrogens is 416 g/mol. The number of benzene rings is 2. The van der Waals surface area contributed by atoms with Crippen molar-refractivity contribution in [3.63, 3.8) is 0 Å². The first kappa shape index (κ1) is 22.9. The van der Waals surface area contributed by atoms with Gasteiger partial charge in [-0.2, -0.15) is 0 Å².